The van der Waals surface area contributed by atoms with Crippen LogP contribution in [0.4, 0.5) is 0 Å². The van der Waals surface area contributed by atoms with Gasteiger partial charge in [0.15, 0.2) is 0 Å². The van der Waals surface area contributed by atoms with Crippen molar-refractivity contribution in [3.05, 3.63) is 0 Å². The van der Waals surface area contributed by atoms with Crippen LogP contribution in [0.25, 0.3) is 0 Å². The third-order valence-electron chi connectivity index (χ3n) is 4.74. The molecule has 1 saturated carbocycles. The molecule has 3 unspecified atom stereocenters. The Balaban J connectivity index is 2.33. The van der Waals surface area contributed by atoms with Gasteiger partial charge in [-0.25, -0.2) is 0 Å². The average Bonchev–Trinajstić information content (AvgIpc) is 2.50. The highest BCUT2D eigenvalue weighted by molar-refractivity contribution is 4.94. The summed E-state index contributed by atoms with van der Waals surface area (Å²) in [6.45, 7) is 7.85. The highest BCUT2D eigenvalue weighted by Gasteiger charge is 2.36. The first kappa shape index (κ1) is 18.9. The van der Waals surface area contributed by atoms with Crippen molar-refractivity contribution in [2.75, 3.05) is 13.2 Å². The Labute approximate surface area is 131 Å². The lowest BCUT2D eigenvalue weighted by Crippen LogP contribution is -2.53. The van der Waals surface area contributed by atoms with Gasteiger partial charge in [-0.1, -0.05) is 39.5 Å². The van der Waals surface area contributed by atoms with Crippen LogP contribution < -0.4 is 5.32 Å². The largest absolute Gasteiger partial charge is 0.394 e. The molecule has 0 aromatic rings. The Bertz CT molecular complexity index is 260. The molecule has 0 amide bonds. The summed E-state index contributed by atoms with van der Waals surface area (Å²) in [5.41, 5.74) is -0.0964. The van der Waals surface area contributed by atoms with Crippen LogP contribution in [0.1, 0.15) is 85.0 Å². The van der Waals surface area contributed by atoms with Gasteiger partial charge in [0.1, 0.15) is 0 Å². The predicted octanol–water partition coefficient (Wildman–Crippen LogP) is 4.04. The fraction of sp³-hybridized carbons (Fsp3) is 1.00. The second-order valence-electron chi connectivity index (χ2n) is 6.88. The fourth-order valence-corrected chi connectivity index (χ4v) is 3.43. The molecule has 0 spiro atoms. The Morgan fingerprint density at radius 2 is 2.05 bits per heavy atom. The van der Waals surface area contributed by atoms with E-state index in [1.54, 1.807) is 0 Å². The number of ether oxygens (including phenoxy) is 1. The number of nitrogens with one attached hydrogen (secondary N) is 1. The summed E-state index contributed by atoms with van der Waals surface area (Å²) < 4.78 is 6.26. The Kier molecular flexibility index (Phi) is 9.54. The number of aliphatic hydroxyl groups is 1. The van der Waals surface area contributed by atoms with Crippen LogP contribution in [0.2, 0.25) is 0 Å². The summed E-state index contributed by atoms with van der Waals surface area (Å²) in [7, 11) is 0. The molecule has 0 saturated heterocycles. The van der Waals surface area contributed by atoms with Crippen LogP contribution in [0.5, 0.6) is 0 Å². The first-order valence-electron chi connectivity index (χ1n) is 9.17. The van der Waals surface area contributed by atoms with Crippen LogP contribution in [0.15, 0.2) is 0 Å². The van der Waals surface area contributed by atoms with Crippen molar-refractivity contribution < 1.29 is 9.84 Å². The summed E-state index contributed by atoms with van der Waals surface area (Å²) in [6, 6.07) is 0. The standard InChI is InChI=1S/C18H37NO2/c1-4-6-7-8-10-16(3)21-17-11-9-12-18(14-17,15-20)19-13-5-2/h16-17,19-20H,4-15H2,1-3H3. The van der Waals surface area contributed by atoms with Crippen molar-refractivity contribution in [1.29, 1.82) is 0 Å². The Hall–Kier alpha value is -0.120. The smallest absolute Gasteiger partial charge is 0.0614 e. The number of unbranched alkanes of at least 4 members (excludes halogenated alkanes) is 3. The maximum Gasteiger partial charge on any atom is 0.0614 e. The lowest BCUT2D eigenvalue weighted by molar-refractivity contribution is -0.0537. The highest BCUT2D eigenvalue weighted by atomic mass is 16.5. The van der Waals surface area contributed by atoms with Gasteiger partial charge < -0.3 is 15.2 Å². The van der Waals surface area contributed by atoms with Crippen molar-refractivity contribution in [1.82, 2.24) is 5.32 Å². The summed E-state index contributed by atoms with van der Waals surface area (Å²) in [5, 5.41) is 13.4. The zero-order valence-electron chi connectivity index (χ0n) is 14.5. The Morgan fingerprint density at radius 1 is 1.24 bits per heavy atom. The van der Waals surface area contributed by atoms with Gasteiger partial charge in [0.05, 0.1) is 18.8 Å². The molecule has 1 aliphatic rings. The van der Waals surface area contributed by atoms with Crippen molar-refractivity contribution in [2.24, 2.45) is 0 Å². The molecule has 2 N–H and O–H groups in total. The second-order valence-corrected chi connectivity index (χ2v) is 6.88. The van der Waals surface area contributed by atoms with Crippen molar-refractivity contribution in [3.8, 4) is 0 Å². The van der Waals surface area contributed by atoms with Crippen molar-refractivity contribution >= 4 is 0 Å². The molecule has 0 radical (unpaired) electrons. The van der Waals surface area contributed by atoms with Gasteiger partial charge in [-0.2, -0.15) is 0 Å². The highest BCUT2D eigenvalue weighted by Crippen LogP contribution is 2.31. The van der Waals surface area contributed by atoms with Gasteiger partial charge >= 0.3 is 0 Å². The topological polar surface area (TPSA) is 41.5 Å². The quantitative estimate of drug-likeness (QED) is 0.566. The molecule has 0 bridgehead atoms. The van der Waals surface area contributed by atoms with E-state index in [4.69, 9.17) is 4.74 Å². The van der Waals surface area contributed by atoms with Crippen molar-refractivity contribution in [2.45, 2.75) is 103 Å². The molecule has 3 atom stereocenters. The predicted molar refractivity (Wildman–Crippen MR) is 89.7 cm³/mol. The molecule has 1 aliphatic carbocycles. The van der Waals surface area contributed by atoms with Gasteiger partial charge in [0.25, 0.3) is 0 Å². The van der Waals surface area contributed by atoms with E-state index in [1.165, 1.54) is 32.1 Å². The van der Waals surface area contributed by atoms with Gasteiger partial charge in [-0.15, -0.1) is 0 Å². The zero-order valence-corrected chi connectivity index (χ0v) is 14.5. The van der Waals surface area contributed by atoms with E-state index >= 15 is 0 Å². The summed E-state index contributed by atoms with van der Waals surface area (Å²) in [5.74, 6) is 0. The van der Waals surface area contributed by atoms with E-state index in [9.17, 15) is 5.11 Å². The van der Waals surface area contributed by atoms with E-state index in [1.807, 2.05) is 0 Å². The minimum absolute atomic E-state index is 0.0964. The monoisotopic (exact) mass is 299 g/mol. The molecule has 126 valence electrons. The molecule has 1 rings (SSSR count). The lowest BCUT2D eigenvalue weighted by Gasteiger charge is -2.41. The Morgan fingerprint density at radius 3 is 2.71 bits per heavy atom. The van der Waals surface area contributed by atoms with Gasteiger partial charge in [0, 0.05) is 5.54 Å². The zero-order chi connectivity index (χ0) is 15.6. The molecular formula is C18H37NO2. The lowest BCUT2D eigenvalue weighted by atomic mass is 9.80. The molecule has 21 heavy (non-hydrogen) atoms. The molecular weight excluding hydrogens is 262 g/mol. The maximum absolute atomic E-state index is 9.80. The minimum Gasteiger partial charge on any atom is -0.394 e. The van der Waals surface area contributed by atoms with E-state index < -0.39 is 0 Å². The summed E-state index contributed by atoms with van der Waals surface area (Å²) >= 11 is 0. The molecule has 0 aromatic heterocycles. The fourth-order valence-electron chi connectivity index (χ4n) is 3.43. The normalized spacial score (nSPS) is 27.7. The van der Waals surface area contributed by atoms with Gasteiger partial charge in [-0.05, 0) is 52.0 Å². The van der Waals surface area contributed by atoms with E-state index in [-0.39, 0.29) is 12.1 Å². The molecule has 3 nitrogen and oxygen atoms in total. The molecule has 0 aromatic carbocycles. The third kappa shape index (κ3) is 7.12. The van der Waals surface area contributed by atoms with E-state index in [0.29, 0.717) is 12.2 Å². The van der Waals surface area contributed by atoms with Crippen molar-refractivity contribution in [3.63, 3.8) is 0 Å². The second kappa shape index (κ2) is 10.6. The third-order valence-corrected chi connectivity index (χ3v) is 4.74. The van der Waals surface area contributed by atoms with Gasteiger partial charge in [0.2, 0.25) is 0 Å². The number of rotatable bonds is 11. The summed E-state index contributed by atoms with van der Waals surface area (Å²) in [6.07, 6.45) is 12.5. The minimum atomic E-state index is -0.0964. The number of aliphatic hydroxyl groups excluding tert-OH is 1. The van der Waals surface area contributed by atoms with Crippen LogP contribution >= 0.6 is 0 Å². The number of hydrogen-bond donors (Lipinski definition) is 2. The SMILES string of the molecule is CCCCCCC(C)OC1CCCC(CO)(NCCC)C1. The van der Waals surface area contributed by atoms with Crippen LogP contribution in [-0.4, -0.2) is 36.0 Å². The van der Waals surface area contributed by atoms with E-state index in [2.05, 4.69) is 26.1 Å². The summed E-state index contributed by atoms with van der Waals surface area (Å²) in [4.78, 5) is 0. The van der Waals surface area contributed by atoms with E-state index in [0.717, 1.165) is 38.6 Å². The average molecular weight is 299 g/mol. The molecule has 1 fully saturated rings. The first-order valence-corrected chi connectivity index (χ1v) is 9.17. The van der Waals surface area contributed by atoms with Crippen LogP contribution in [-0.2, 0) is 4.74 Å². The first-order chi connectivity index (χ1) is 10.2. The van der Waals surface area contributed by atoms with Gasteiger partial charge in [-0.3, -0.25) is 0 Å². The van der Waals surface area contributed by atoms with Crippen LogP contribution in [0.3, 0.4) is 0 Å². The molecule has 0 aliphatic heterocycles. The maximum atomic E-state index is 9.80. The molecule has 3 heteroatoms. The number of hydrogen-bond acceptors (Lipinski definition) is 3. The van der Waals surface area contributed by atoms with Crippen LogP contribution in [0, 0.1) is 0 Å². The molecule has 0 heterocycles.